The van der Waals surface area contributed by atoms with Gasteiger partial charge in [-0.25, -0.2) is 9.19 Å². The van der Waals surface area contributed by atoms with E-state index in [-0.39, 0.29) is 28.4 Å². The Morgan fingerprint density at radius 2 is 2.08 bits per heavy atom. The molecule has 1 spiro atoms. The first kappa shape index (κ1) is 33.6. The first-order valence-electron chi connectivity index (χ1n) is 17.1. The van der Waals surface area contributed by atoms with Crippen LogP contribution in [0.5, 0.6) is 5.75 Å². The summed E-state index contributed by atoms with van der Waals surface area (Å²) in [6.45, 7) is 6.08. The lowest BCUT2D eigenvalue weighted by molar-refractivity contribution is -0.0745. The minimum atomic E-state index is -2.95. The lowest BCUT2D eigenvalue weighted by Gasteiger charge is -2.50. The van der Waals surface area contributed by atoms with Crippen LogP contribution in [-0.4, -0.2) is 58.6 Å². The van der Waals surface area contributed by atoms with Crippen LogP contribution in [0, 0.1) is 17.8 Å². The maximum atomic E-state index is 13.9. The van der Waals surface area contributed by atoms with Gasteiger partial charge in [-0.05, 0) is 111 Å². The van der Waals surface area contributed by atoms with E-state index in [1.807, 2.05) is 43.8 Å². The van der Waals surface area contributed by atoms with Gasteiger partial charge < -0.3 is 14.4 Å². The second-order valence-electron chi connectivity index (χ2n) is 14.5. The molecule has 2 aliphatic carbocycles. The maximum absolute atomic E-state index is 13.9. The molecular formula is C38H46ClN3O4S2. The van der Waals surface area contributed by atoms with Crippen LogP contribution < -0.4 is 14.4 Å². The van der Waals surface area contributed by atoms with Gasteiger partial charge in [-0.1, -0.05) is 36.7 Å². The van der Waals surface area contributed by atoms with E-state index in [1.165, 1.54) is 11.1 Å². The normalized spacial score (nSPS) is 34.2. The number of ether oxygens (including phenoxy) is 2. The Morgan fingerprint density at radius 1 is 1.23 bits per heavy atom. The Kier molecular flexibility index (Phi) is 9.20. The molecule has 2 aliphatic heterocycles. The molecule has 3 heterocycles. The molecule has 1 amide bonds. The Balaban J connectivity index is 1.34. The van der Waals surface area contributed by atoms with Crippen molar-refractivity contribution in [1.82, 2.24) is 9.71 Å². The molecule has 1 saturated carbocycles. The van der Waals surface area contributed by atoms with Crippen LogP contribution in [0.3, 0.4) is 0 Å². The molecule has 2 aromatic carbocycles. The summed E-state index contributed by atoms with van der Waals surface area (Å²) < 4.78 is 30.0. The molecule has 7 atom stereocenters. The van der Waals surface area contributed by atoms with Gasteiger partial charge in [-0.15, -0.1) is 11.3 Å². The number of hydrogen-bond donors (Lipinski definition) is 1. The summed E-state index contributed by atoms with van der Waals surface area (Å²) in [5.41, 5.74) is 3.19. The van der Waals surface area contributed by atoms with Crippen molar-refractivity contribution in [1.29, 1.82) is 0 Å². The number of anilines is 1. The molecule has 256 valence electrons. The largest absolute Gasteiger partial charge is 0.490 e. The molecule has 1 aromatic heterocycles. The molecular weight excluding hydrogens is 662 g/mol. The van der Waals surface area contributed by atoms with Gasteiger partial charge in [0.15, 0.2) is 0 Å². The molecule has 3 aromatic rings. The first-order chi connectivity index (χ1) is 23.0. The number of benzene rings is 2. The average molecular weight is 708 g/mol. The fraction of sp³-hybridized carbons (Fsp3) is 0.500. The van der Waals surface area contributed by atoms with Gasteiger partial charge in [-0.2, -0.15) is 0 Å². The monoisotopic (exact) mass is 707 g/mol. The van der Waals surface area contributed by atoms with E-state index in [9.17, 15) is 9.00 Å². The predicted molar refractivity (Wildman–Crippen MR) is 197 cm³/mol. The Morgan fingerprint density at radius 3 is 2.83 bits per heavy atom. The number of carbonyl (C=O) groups excluding carboxylic acids is 1. The van der Waals surface area contributed by atoms with E-state index < -0.39 is 15.3 Å². The summed E-state index contributed by atoms with van der Waals surface area (Å²) in [4.78, 5) is 20.8. The Hall–Kier alpha value is -2.85. The molecule has 0 saturated heterocycles. The highest BCUT2D eigenvalue weighted by atomic mass is 35.5. The van der Waals surface area contributed by atoms with Gasteiger partial charge in [-0.3, -0.25) is 9.52 Å². The van der Waals surface area contributed by atoms with Crippen LogP contribution >= 0.6 is 22.9 Å². The number of aromatic nitrogens is 1. The van der Waals surface area contributed by atoms with Crippen LogP contribution in [0.4, 0.5) is 5.69 Å². The number of carbonyl (C=O) groups is 1. The zero-order valence-electron chi connectivity index (χ0n) is 28.1. The summed E-state index contributed by atoms with van der Waals surface area (Å²) in [5, 5.41) is 3.50. The fourth-order valence-corrected chi connectivity index (χ4v) is 10.9. The lowest BCUT2D eigenvalue weighted by Crippen LogP contribution is -2.54. The van der Waals surface area contributed by atoms with Crippen LogP contribution in [0.2, 0.25) is 5.02 Å². The number of allylic oxidation sites excluding steroid dienone is 1. The highest BCUT2D eigenvalue weighted by molar-refractivity contribution is 7.99. The van der Waals surface area contributed by atoms with Gasteiger partial charge in [0.1, 0.15) is 5.75 Å². The summed E-state index contributed by atoms with van der Waals surface area (Å²) in [7, 11) is -1.12. The number of fused-ring (bicyclic) bond motifs is 4. The SMILES string of the molecule is C=S1(=O)NC(=O)c2ccc3c(c2)N(C[C@@H]2CC[C@H]2[C@@](Cc2nccs2)(OC)/C=C/C[C@H](C)[C@H]1C)C[C@@]1(CCCc2cc(Cl)ccc21)CO3. The van der Waals surface area contributed by atoms with Crippen LogP contribution in [0.15, 0.2) is 60.1 Å². The average Bonchev–Trinajstić information content (AvgIpc) is 3.51. The standard InChI is InChI=1S/C38H46ClN3O4S2/c1-25-7-5-16-38(45-3,21-35-40-17-18-47-35)32-12-9-29(32)22-42-23-37(15-6-8-27-19-30(39)11-13-31(27)37)24-46-34-14-10-28(20-33(34)42)36(43)41-48(4,44)26(25)2/h5,10-11,13-14,16-20,25-26,29,32H,4,6-9,12,15,21-24H2,1-3H3,(H,41,43,44)/b16-5+/t25-,26+,29-,32+,37-,38+,48?/m0/s1. The van der Waals surface area contributed by atoms with Crippen molar-refractivity contribution in [3.8, 4) is 5.75 Å². The van der Waals surface area contributed by atoms with Crippen LogP contribution in [0.25, 0.3) is 0 Å². The second-order valence-corrected chi connectivity index (χ2v) is 18.3. The van der Waals surface area contributed by atoms with Crippen molar-refractivity contribution in [2.75, 3.05) is 31.7 Å². The topological polar surface area (TPSA) is 80.8 Å². The minimum absolute atomic E-state index is 0.0199. The fourth-order valence-electron chi connectivity index (χ4n) is 8.51. The van der Waals surface area contributed by atoms with Crippen molar-refractivity contribution in [3.63, 3.8) is 0 Å². The van der Waals surface area contributed by atoms with E-state index in [0.29, 0.717) is 30.9 Å². The van der Waals surface area contributed by atoms with Crippen LogP contribution in [0.1, 0.15) is 72.4 Å². The minimum Gasteiger partial charge on any atom is -0.490 e. The van der Waals surface area contributed by atoms with Crippen molar-refractivity contribution < 1.29 is 18.5 Å². The van der Waals surface area contributed by atoms with Gasteiger partial charge in [0, 0.05) is 59.4 Å². The highest BCUT2D eigenvalue weighted by Crippen LogP contribution is 2.50. The molecule has 7 rings (SSSR count). The first-order valence-corrected chi connectivity index (χ1v) is 20.2. The molecule has 2 bridgehead atoms. The third-order valence-corrected chi connectivity index (χ3v) is 14.9. The van der Waals surface area contributed by atoms with Crippen molar-refractivity contribution in [2.45, 2.75) is 75.1 Å². The molecule has 1 unspecified atom stereocenters. The molecule has 10 heteroatoms. The van der Waals surface area contributed by atoms with E-state index in [1.54, 1.807) is 17.4 Å². The zero-order chi connectivity index (χ0) is 33.7. The lowest BCUT2D eigenvalue weighted by atomic mass is 9.63. The number of methoxy groups -OCH3 is 1. The van der Waals surface area contributed by atoms with E-state index in [4.69, 9.17) is 21.1 Å². The predicted octanol–water partition coefficient (Wildman–Crippen LogP) is 7.27. The smallest absolute Gasteiger partial charge is 0.262 e. The number of halogens is 1. The number of rotatable bonds is 3. The van der Waals surface area contributed by atoms with E-state index in [0.717, 1.165) is 66.7 Å². The molecule has 4 aliphatic rings. The molecule has 1 fully saturated rings. The van der Waals surface area contributed by atoms with Gasteiger partial charge in [0.05, 0.1) is 32.6 Å². The summed E-state index contributed by atoms with van der Waals surface area (Å²) in [6, 6.07) is 11.9. The van der Waals surface area contributed by atoms with Gasteiger partial charge in [0.25, 0.3) is 5.91 Å². The number of hydrogen-bond acceptors (Lipinski definition) is 7. The third-order valence-electron chi connectivity index (χ3n) is 11.7. The number of nitrogens with one attached hydrogen (secondary N) is 1. The quantitative estimate of drug-likeness (QED) is 0.228. The second kappa shape index (κ2) is 13.1. The highest BCUT2D eigenvalue weighted by Gasteiger charge is 2.49. The zero-order valence-corrected chi connectivity index (χ0v) is 30.5. The number of thiazole rings is 1. The number of aryl methyl sites for hydroxylation is 1. The van der Waals surface area contributed by atoms with Gasteiger partial charge >= 0.3 is 0 Å². The Bertz CT molecular complexity index is 1810. The van der Waals surface area contributed by atoms with Crippen molar-refractivity contribution in [2.24, 2.45) is 17.8 Å². The molecule has 48 heavy (non-hydrogen) atoms. The molecule has 0 radical (unpaired) electrons. The van der Waals surface area contributed by atoms with Crippen molar-refractivity contribution >= 4 is 50.1 Å². The summed E-state index contributed by atoms with van der Waals surface area (Å²) >= 11 is 8.15. The Labute approximate surface area is 294 Å². The van der Waals surface area contributed by atoms with E-state index in [2.05, 4.69) is 51.7 Å². The van der Waals surface area contributed by atoms with Crippen molar-refractivity contribution in [3.05, 3.63) is 86.8 Å². The molecule has 1 N–H and O–H groups in total. The number of nitrogens with zero attached hydrogens (tertiary/aromatic N) is 2. The number of amides is 1. The van der Waals surface area contributed by atoms with Gasteiger partial charge in [0.2, 0.25) is 0 Å². The van der Waals surface area contributed by atoms with Crippen LogP contribution in [-0.2, 0) is 32.7 Å². The van der Waals surface area contributed by atoms with E-state index >= 15 is 0 Å². The molecule has 7 nitrogen and oxygen atoms in total. The summed E-state index contributed by atoms with van der Waals surface area (Å²) in [6.07, 6.45) is 12.9. The third kappa shape index (κ3) is 6.21. The summed E-state index contributed by atoms with van der Waals surface area (Å²) in [5.74, 6) is 5.07. The maximum Gasteiger partial charge on any atom is 0.262 e.